The molecule has 1 fully saturated rings. The van der Waals surface area contributed by atoms with Gasteiger partial charge in [-0.15, -0.1) is 0 Å². The van der Waals surface area contributed by atoms with Gasteiger partial charge in [-0.25, -0.2) is 0 Å². The average molecular weight is 380 g/mol. The Balaban J connectivity index is 1.80. The van der Waals surface area contributed by atoms with Gasteiger partial charge in [0.25, 0.3) is 0 Å². The number of hydrogen-bond acceptors (Lipinski definition) is 4. The predicted molar refractivity (Wildman–Crippen MR) is 113 cm³/mol. The first-order chi connectivity index (χ1) is 13.7. The number of rotatable bonds is 5. The van der Waals surface area contributed by atoms with Gasteiger partial charge in [-0.3, -0.25) is 4.90 Å². The molecule has 0 aliphatic carbocycles. The van der Waals surface area contributed by atoms with E-state index in [1.54, 1.807) is 21.3 Å². The van der Waals surface area contributed by atoms with Gasteiger partial charge in [0.1, 0.15) is 5.75 Å². The van der Waals surface area contributed by atoms with Crippen LogP contribution in [0.15, 0.2) is 42.5 Å². The van der Waals surface area contributed by atoms with Crippen LogP contribution in [0.25, 0.3) is 11.1 Å². The molecular weight excluding hydrogens is 350 g/mol. The van der Waals surface area contributed by atoms with Gasteiger partial charge in [0.15, 0.2) is 11.5 Å². The maximum atomic E-state index is 5.57. The molecule has 2 aliphatic heterocycles. The number of hydrogen-bond donors (Lipinski definition) is 0. The Labute approximate surface area is 167 Å². The fourth-order valence-corrected chi connectivity index (χ4v) is 4.53. The summed E-state index contributed by atoms with van der Waals surface area (Å²) in [6.07, 6.45) is 5.00. The first-order valence-corrected chi connectivity index (χ1v) is 10.1. The highest BCUT2D eigenvalue weighted by Crippen LogP contribution is 2.41. The molecule has 4 heteroatoms. The summed E-state index contributed by atoms with van der Waals surface area (Å²) < 4.78 is 16.4. The van der Waals surface area contributed by atoms with Crippen LogP contribution in [0.1, 0.15) is 36.8 Å². The zero-order chi connectivity index (χ0) is 19.5. The highest BCUT2D eigenvalue weighted by molar-refractivity contribution is 5.93. The van der Waals surface area contributed by atoms with Crippen LogP contribution in [0.4, 0.5) is 0 Å². The van der Waals surface area contributed by atoms with Gasteiger partial charge in [-0.2, -0.15) is 0 Å². The maximum absolute atomic E-state index is 5.57. The van der Waals surface area contributed by atoms with Gasteiger partial charge < -0.3 is 14.2 Å². The smallest absolute Gasteiger partial charge is 0.161 e. The van der Waals surface area contributed by atoms with Crippen molar-refractivity contribution < 1.29 is 14.2 Å². The number of benzene rings is 2. The third kappa shape index (κ3) is 3.61. The summed E-state index contributed by atoms with van der Waals surface area (Å²) in [5.41, 5.74) is 5.34. The second-order valence-corrected chi connectivity index (χ2v) is 7.58. The fraction of sp³-hybridized carbons (Fsp3) is 0.417. The van der Waals surface area contributed by atoms with Crippen molar-refractivity contribution in [3.8, 4) is 17.2 Å². The van der Waals surface area contributed by atoms with Crippen molar-refractivity contribution in [2.45, 2.75) is 31.7 Å². The van der Waals surface area contributed by atoms with Crippen LogP contribution in [-0.4, -0.2) is 45.4 Å². The largest absolute Gasteiger partial charge is 0.497 e. The minimum absolute atomic E-state index is 0.638. The molecule has 2 aliphatic rings. The third-order valence-corrected chi connectivity index (χ3v) is 6.08. The molecule has 0 aromatic heterocycles. The number of piperidine rings is 1. The molecule has 2 heterocycles. The molecule has 0 amide bonds. The summed E-state index contributed by atoms with van der Waals surface area (Å²) in [5.74, 6) is 2.45. The molecule has 4 rings (SSSR count). The Bertz CT molecular complexity index is 857. The van der Waals surface area contributed by atoms with Crippen LogP contribution in [0.2, 0.25) is 0 Å². The van der Waals surface area contributed by atoms with Crippen molar-refractivity contribution in [2.24, 2.45) is 0 Å². The van der Waals surface area contributed by atoms with E-state index in [0.29, 0.717) is 6.04 Å². The van der Waals surface area contributed by atoms with Gasteiger partial charge in [-0.1, -0.05) is 24.6 Å². The molecule has 0 saturated carbocycles. The lowest BCUT2D eigenvalue weighted by molar-refractivity contribution is 0.165. The maximum Gasteiger partial charge on any atom is 0.161 e. The SMILES string of the molecule is COc1ccc(C2=C(c3ccc(OC)c(OC)c3)C[C@@H]3CCCCN3C2)cc1. The molecule has 4 nitrogen and oxygen atoms in total. The van der Waals surface area contributed by atoms with Crippen LogP contribution in [0.5, 0.6) is 17.2 Å². The molecule has 28 heavy (non-hydrogen) atoms. The zero-order valence-electron chi connectivity index (χ0n) is 17.0. The molecule has 0 unspecified atom stereocenters. The summed E-state index contributed by atoms with van der Waals surface area (Å²) in [4.78, 5) is 2.66. The fourth-order valence-electron chi connectivity index (χ4n) is 4.53. The lowest BCUT2D eigenvalue weighted by Crippen LogP contribution is -2.43. The summed E-state index contributed by atoms with van der Waals surface area (Å²) in [5, 5.41) is 0. The van der Waals surface area contributed by atoms with E-state index in [1.807, 2.05) is 6.07 Å². The standard InChI is InChI=1S/C24H29NO3/c1-26-20-10-7-17(8-11-20)22-16-25-13-5-4-6-19(25)15-21(22)18-9-12-23(27-2)24(14-18)28-3/h7-12,14,19H,4-6,13,15-16H2,1-3H3/t19-/m0/s1. The molecule has 1 saturated heterocycles. The van der Waals surface area contributed by atoms with Crippen LogP contribution in [-0.2, 0) is 0 Å². The Morgan fingerprint density at radius 2 is 1.54 bits per heavy atom. The van der Waals surface area contributed by atoms with Crippen LogP contribution < -0.4 is 14.2 Å². The Hall–Kier alpha value is -2.46. The third-order valence-electron chi connectivity index (χ3n) is 6.08. The minimum Gasteiger partial charge on any atom is -0.497 e. The lowest BCUT2D eigenvalue weighted by Gasteiger charge is -2.41. The molecule has 2 aromatic carbocycles. The number of nitrogens with zero attached hydrogens (tertiary/aromatic N) is 1. The lowest BCUT2D eigenvalue weighted by atomic mass is 9.83. The predicted octanol–water partition coefficient (Wildman–Crippen LogP) is 4.88. The minimum atomic E-state index is 0.638. The highest BCUT2D eigenvalue weighted by atomic mass is 16.5. The van der Waals surface area contributed by atoms with Crippen LogP contribution in [0, 0.1) is 0 Å². The monoisotopic (exact) mass is 379 g/mol. The number of ether oxygens (including phenoxy) is 3. The van der Waals surface area contributed by atoms with Gasteiger partial charge >= 0.3 is 0 Å². The summed E-state index contributed by atoms with van der Waals surface area (Å²) in [6.45, 7) is 2.20. The van der Waals surface area contributed by atoms with E-state index in [4.69, 9.17) is 14.2 Å². The molecule has 0 bridgehead atoms. The van der Waals surface area contributed by atoms with Crippen molar-refractivity contribution >= 4 is 11.1 Å². The molecule has 2 aromatic rings. The van der Waals surface area contributed by atoms with E-state index in [9.17, 15) is 0 Å². The average Bonchev–Trinajstić information content (AvgIpc) is 2.77. The molecular formula is C24H29NO3. The topological polar surface area (TPSA) is 30.9 Å². The number of methoxy groups -OCH3 is 3. The van der Waals surface area contributed by atoms with Crippen LogP contribution in [0.3, 0.4) is 0 Å². The van der Waals surface area contributed by atoms with E-state index >= 15 is 0 Å². The van der Waals surface area contributed by atoms with Crippen molar-refractivity contribution in [1.82, 2.24) is 4.90 Å². The van der Waals surface area contributed by atoms with E-state index in [2.05, 4.69) is 41.3 Å². The van der Waals surface area contributed by atoms with Crippen LogP contribution >= 0.6 is 0 Å². The highest BCUT2D eigenvalue weighted by Gasteiger charge is 2.31. The summed E-state index contributed by atoms with van der Waals surface area (Å²) in [6, 6.07) is 15.4. The zero-order valence-corrected chi connectivity index (χ0v) is 17.0. The summed E-state index contributed by atoms with van der Waals surface area (Å²) >= 11 is 0. The molecule has 1 atom stereocenters. The first kappa shape index (κ1) is 18.9. The first-order valence-electron chi connectivity index (χ1n) is 10.1. The van der Waals surface area contributed by atoms with Crippen molar-refractivity contribution in [1.29, 1.82) is 0 Å². The van der Waals surface area contributed by atoms with Gasteiger partial charge in [0, 0.05) is 12.6 Å². The van der Waals surface area contributed by atoms with Gasteiger partial charge in [-0.05, 0) is 72.3 Å². The Morgan fingerprint density at radius 3 is 2.25 bits per heavy atom. The van der Waals surface area contributed by atoms with E-state index in [0.717, 1.165) is 30.2 Å². The van der Waals surface area contributed by atoms with Crippen molar-refractivity contribution in [3.05, 3.63) is 53.6 Å². The van der Waals surface area contributed by atoms with E-state index in [1.165, 1.54) is 48.1 Å². The molecule has 0 spiro atoms. The van der Waals surface area contributed by atoms with Gasteiger partial charge in [0.05, 0.1) is 21.3 Å². The van der Waals surface area contributed by atoms with Gasteiger partial charge in [0.2, 0.25) is 0 Å². The normalized spacial score (nSPS) is 19.9. The Kier molecular flexibility index (Phi) is 5.58. The molecule has 148 valence electrons. The molecule has 0 N–H and O–H groups in total. The number of fused-ring (bicyclic) bond motifs is 1. The molecule has 0 radical (unpaired) electrons. The Morgan fingerprint density at radius 1 is 0.786 bits per heavy atom. The van der Waals surface area contributed by atoms with E-state index in [-0.39, 0.29) is 0 Å². The van der Waals surface area contributed by atoms with Crippen molar-refractivity contribution in [3.63, 3.8) is 0 Å². The second kappa shape index (κ2) is 8.27. The second-order valence-electron chi connectivity index (χ2n) is 7.58. The quantitative estimate of drug-likeness (QED) is 0.741. The summed E-state index contributed by atoms with van der Waals surface area (Å²) in [7, 11) is 5.09. The van der Waals surface area contributed by atoms with E-state index < -0.39 is 0 Å². The van der Waals surface area contributed by atoms with Crippen molar-refractivity contribution in [2.75, 3.05) is 34.4 Å².